The molecular weight excluding hydrogens is 556 g/mol. The molecule has 11 nitrogen and oxygen atoms in total. The minimum absolute atomic E-state index is 0.181. The number of rotatable bonds is 7. The van der Waals surface area contributed by atoms with Crippen LogP contribution in [-0.4, -0.2) is 61.3 Å². The van der Waals surface area contributed by atoms with E-state index in [1.54, 1.807) is 36.4 Å². The molecule has 0 unspecified atom stereocenters. The van der Waals surface area contributed by atoms with E-state index in [1.165, 1.54) is 11.3 Å². The van der Waals surface area contributed by atoms with Gasteiger partial charge in [0.05, 0.1) is 12.2 Å². The predicted molar refractivity (Wildman–Crippen MR) is 157 cm³/mol. The van der Waals surface area contributed by atoms with Gasteiger partial charge in [-0.2, -0.15) is 5.10 Å². The van der Waals surface area contributed by atoms with Gasteiger partial charge in [0.25, 0.3) is 0 Å². The van der Waals surface area contributed by atoms with Crippen molar-refractivity contribution in [2.45, 2.75) is 58.2 Å². The molecule has 2 amide bonds. The molecule has 0 saturated carbocycles. The molecular formula is C30H32N6O5S. The van der Waals surface area contributed by atoms with Crippen molar-refractivity contribution >= 4 is 39.4 Å². The molecule has 0 aliphatic carbocycles. The summed E-state index contributed by atoms with van der Waals surface area (Å²) in [5.74, 6) is 0.736. The summed E-state index contributed by atoms with van der Waals surface area (Å²) >= 11 is 1.49. The lowest BCUT2D eigenvalue weighted by Gasteiger charge is -2.30. The van der Waals surface area contributed by atoms with Crippen LogP contribution < -0.4 is 10.1 Å². The molecule has 4 heterocycles. The number of benzene rings is 2. The molecule has 1 aliphatic rings. The van der Waals surface area contributed by atoms with Crippen LogP contribution >= 0.6 is 11.3 Å². The summed E-state index contributed by atoms with van der Waals surface area (Å²) in [6.45, 7) is 8.12. The van der Waals surface area contributed by atoms with Gasteiger partial charge < -0.3 is 24.1 Å². The number of carbonyl (C=O) groups excluding carboxylic acids is 2. The van der Waals surface area contributed by atoms with Crippen LogP contribution in [0.5, 0.6) is 5.75 Å². The number of likely N-dealkylation sites (tertiary alicyclic amines) is 1. The van der Waals surface area contributed by atoms with Crippen LogP contribution in [-0.2, 0) is 9.53 Å². The number of hydrogen-bond donors (Lipinski definition) is 1. The van der Waals surface area contributed by atoms with E-state index in [4.69, 9.17) is 13.9 Å². The Morgan fingerprint density at radius 2 is 1.95 bits per heavy atom. The molecule has 5 aromatic rings. The summed E-state index contributed by atoms with van der Waals surface area (Å²) in [7, 11) is 0. The summed E-state index contributed by atoms with van der Waals surface area (Å²) in [6.07, 6.45) is 2.75. The number of para-hydroxylation sites is 1. The summed E-state index contributed by atoms with van der Waals surface area (Å²) in [6, 6.07) is 13.6. The van der Waals surface area contributed by atoms with E-state index in [0.29, 0.717) is 40.5 Å². The largest absolute Gasteiger partial charge is 0.489 e. The van der Waals surface area contributed by atoms with Crippen molar-refractivity contribution in [3.05, 3.63) is 65.3 Å². The first kappa shape index (κ1) is 27.7. The monoisotopic (exact) mass is 588 g/mol. The highest BCUT2D eigenvalue weighted by Crippen LogP contribution is 2.32. The minimum Gasteiger partial charge on any atom is -0.489 e. The molecule has 6 rings (SSSR count). The number of nitrogens with one attached hydrogen (secondary N) is 1. The maximum absolute atomic E-state index is 13.9. The van der Waals surface area contributed by atoms with E-state index in [9.17, 15) is 9.59 Å². The second-order valence-corrected chi connectivity index (χ2v) is 12.4. The van der Waals surface area contributed by atoms with Gasteiger partial charge in [-0.25, -0.2) is 19.3 Å². The third-order valence-electron chi connectivity index (χ3n) is 6.88. The molecule has 0 radical (unpaired) electrons. The van der Waals surface area contributed by atoms with Gasteiger partial charge in [0.15, 0.2) is 11.1 Å². The number of fused-ring (bicyclic) bond motifs is 2. The van der Waals surface area contributed by atoms with E-state index < -0.39 is 17.7 Å². The molecule has 2 aromatic carbocycles. The van der Waals surface area contributed by atoms with Crippen molar-refractivity contribution in [2.24, 2.45) is 0 Å². The number of oxazole rings is 1. The topological polar surface area (TPSA) is 124 Å². The zero-order chi connectivity index (χ0) is 29.4. The van der Waals surface area contributed by atoms with Gasteiger partial charge in [-0.3, -0.25) is 4.79 Å². The maximum atomic E-state index is 13.9. The molecule has 3 aromatic heterocycles. The molecule has 1 saturated heterocycles. The van der Waals surface area contributed by atoms with Crippen LogP contribution in [0.1, 0.15) is 50.2 Å². The standard InChI is InChI=1S/C30H32N6O5S/c1-18-34-36-16-21(31-28(36)42-18)26-32-25-22(13-8-14-23(25)40-26)39-17-20-12-9-15-35(20)27(37)24(19-10-6-5-7-11-19)33-29(38)41-30(2,3)4/h5-8,10-11,13-14,16,20,24H,9,12,15,17H2,1-4H3,(H,33,38)/t20-,24-/m1/s1. The first-order chi connectivity index (χ1) is 20.1. The second-order valence-electron chi connectivity index (χ2n) is 11.2. The van der Waals surface area contributed by atoms with E-state index in [0.717, 1.165) is 22.8 Å². The highest BCUT2D eigenvalue weighted by atomic mass is 32.1. The number of nitrogens with zero attached hydrogens (tertiary/aromatic N) is 5. The molecule has 42 heavy (non-hydrogen) atoms. The van der Waals surface area contributed by atoms with Crippen molar-refractivity contribution in [3.8, 4) is 17.3 Å². The Bertz CT molecular complexity index is 1710. The quantitative estimate of drug-likeness (QED) is 0.263. The molecule has 0 spiro atoms. The lowest BCUT2D eigenvalue weighted by Crippen LogP contribution is -2.47. The predicted octanol–water partition coefficient (Wildman–Crippen LogP) is 5.54. The second kappa shape index (κ2) is 11.1. The van der Waals surface area contributed by atoms with E-state index >= 15 is 0 Å². The molecule has 2 atom stereocenters. The van der Waals surface area contributed by atoms with Crippen molar-refractivity contribution < 1.29 is 23.5 Å². The summed E-state index contributed by atoms with van der Waals surface area (Å²) in [4.78, 5) is 38.4. The number of carbonyl (C=O) groups is 2. The summed E-state index contributed by atoms with van der Waals surface area (Å²) in [5, 5.41) is 8.12. The van der Waals surface area contributed by atoms with Gasteiger partial charge in [0.1, 0.15) is 34.7 Å². The van der Waals surface area contributed by atoms with Crippen LogP contribution in [0.2, 0.25) is 0 Å². The normalized spacial score (nSPS) is 16.2. The van der Waals surface area contributed by atoms with Gasteiger partial charge in [-0.05, 0) is 58.2 Å². The van der Waals surface area contributed by atoms with Gasteiger partial charge in [-0.1, -0.05) is 47.7 Å². The smallest absolute Gasteiger partial charge is 0.408 e. The van der Waals surface area contributed by atoms with E-state index in [2.05, 4.69) is 20.4 Å². The van der Waals surface area contributed by atoms with Crippen molar-refractivity contribution in [1.29, 1.82) is 0 Å². The van der Waals surface area contributed by atoms with E-state index in [1.807, 2.05) is 55.5 Å². The van der Waals surface area contributed by atoms with Gasteiger partial charge in [-0.15, -0.1) is 0 Å². The van der Waals surface area contributed by atoms with Crippen LogP contribution in [0.4, 0.5) is 4.79 Å². The Balaban J connectivity index is 1.19. The van der Waals surface area contributed by atoms with Crippen LogP contribution in [0.3, 0.4) is 0 Å². The summed E-state index contributed by atoms with van der Waals surface area (Å²) in [5.41, 5.74) is 1.74. The molecule has 1 fully saturated rings. The molecule has 218 valence electrons. The molecule has 1 aliphatic heterocycles. The van der Waals surface area contributed by atoms with Crippen molar-refractivity contribution in [1.82, 2.24) is 29.8 Å². The zero-order valence-electron chi connectivity index (χ0n) is 23.9. The number of hydrogen-bond acceptors (Lipinski definition) is 9. The lowest BCUT2D eigenvalue weighted by molar-refractivity contribution is -0.135. The van der Waals surface area contributed by atoms with Gasteiger partial charge in [0.2, 0.25) is 16.8 Å². The first-order valence-corrected chi connectivity index (χ1v) is 14.7. The van der Waals surface area contributed by atoms with Crippen molar-refractivity contribution in [3.63, 3.8) is 0 Å². The fraction of sp³-hybridized carbons (Fsp3) is 0.367. The lowest BCUT2D eigenvalue weighted by atomic mass is 10.1. The van der Waals surface area contributed by atoms with Crippen LogP contribution in [0.25, 0.3) is 27.6 Å². The zero-order valence-corrected chi connectivity index (χ0v) is 24.7. The van der Waals surface area contributed by atoms with Gasteiger partial charge in [0, 0.05) is 6.54 Å². The average molecular weight is 589 g/mol. The highest BCUT2D eigenvalue weighted by Gasteiger charge is 2.36. The number of imidazole rings is 1. The van der Waals surface area contributed by atoms with Crippen LogP contribution in [0.15, 0.2) is 59.1 Å². The third-order valence-corrected chi connectivity index (χ3v) is 7.72. The molecule has 12 heteroatoms. The molecule has 1 N–H and O–H groups in total. The average Bonchev–Trinajstić information content (AvgIpc) is 3.72. The minimum atomic E-state index is -0.883. The Morgan fingerprint density at radius 1 is 1.14 bits per heavy atom. The molecule has 0 bridgehead atoms. The number of ether oxygens (including phenoxy) is 2. The van der Waals surface area contributed by atoms with Crippen molar-refractivity contribution in [2.75, 3.05) is 13.2 Å². The highest BCUT2D eigenvalue weighted by molar-refractivity contribution is 7.16. The number of amides is 2. The van der Waals surface area contributed by atoms with Gasteiger partial charge >= 0.3 is 6.09 Å². The Kier molecular flexibility index (Phi) is 7.31. The Labute approximate surface area is 246 Å². The maximum Gasteiger partial charge on any atom is 0.408 e. The Hall–Kier alpha value is -4.45. The number of alkyl carbamates (subject to hydrolysis) is 1. The Morgan fingerprint density at radius 3 is 2.71 bits per heavy atom. The summed E-state index contributed by atoms with van der Waals surface area (Å²) < 4.78 is 19.4. The fourth-order valence-corrected chi connectivity index (χ4v) is 5.79. The van der Waals surface area contributed by atoms with E-state index in [-0.39, 0.29) is 18.6 Å². The SMILES string of the molecule is Cc1nn2cc(-c3nc4c(OC[C@H]5CCCN5C(=O)[C@H](NC(=O)OC(C)(C)C)c5ccccc5)cccc4o3)nc2s1. The van der Waals surface area contributed by atoms with Crippen LogP contribution in [0, 0.1) is 6.92 Å². The number of aromatic nitrogens is 4. The number of aryl methyl sites for hydroxylation is 1. The fourth-order valence-electron chi connectivity index (χ4n) is 5.06. The first-order valence-electron chi connectivity index (χ1n) is 13.8. The third kappa shape index (κ3) is 5.80.